The molecule has 2 heteroatoms. The molecule has 2 nitrogen and oxygen atoms in total. The van der Waals surface area contributed by atoms with Crippen molar-refractivity contribution in [3.63, 3.8) is 0 Å². The number of ketones is 1. The number of carbonyl (C=O) groups is 1. The fourth-order valence-electron chi connectivity index (χ4n) is 3.53. The average molecular weight is 238 g/mol. The molecule has 0 aromatic carbocycles. The second kappa shape index (κ2) is 5.99. The predicted octanol–water partition coefficient (Wildman–Crippen LogP) is 1.70. The summed E-state index contributed by atoms with van der Waals surface area (Å²) in [6, 6.07) is 0. The lowest BCUT2D eigenvalue weighted by atomic mass is 9.80. The van der Waals surface area contributed by atoms with E-state index in [0.29, 0.717) is 11.7 Å². The molecule has 0 aromatic rings. The molecular weight excluding hydrogens is 210 g/mol. The number of Topliss-reactive ketones (excluding diaryl/α,β-unsaturated/α-hetero) is 1. The van der Waals surface area contributed by atoms with Crippen LogP contribution in [-0.4, -0.2) is 25.4 Å². The van der Waals surface area contributed by atoms with Crippen LogP contribution in [0.3, 0.4) is 0 Å². The largest absolute Gasteiger partial charge is 0.329 e. The van der Waals surface area contributed by atoms with E-state index in [1.54, 1.807) is 4.90 Å². The van der Waals surface area contributed by atoms with Gasteiger partial charge in [-0.05, 0) is 31.6 Å². The van der Waals surface area contributed by atoms with Crippen molar-refractivity contribution in [1.29, 1.82) is 0 Å². The van der Waals surface area contributed by atoms with Crippen molar-refractivity contribution in [3.05, 3.63) is 0 Å². The molecule has 1 saturated heterocycles. The third-order valence-corrected chi connectivity index (χ3v) is 4.76. The lowest BCUT2D eigenvalue weighted by Crippen LogP contribution is -3.14. The molecule has 2 rings (SSSR count). The highest BCUT2D eigenvalue weighted by Gasteiger charge is 2.28. The first-order valence-corrected chi connectivity index (χ1v) is 7.51. The lowest BCUT2D eigenvalue weighted by molar-refractivity contribution is -0.900. The van der Waals surface area contributed by atoms with Gasteiger partial charge < -0.3 is 4.90 Å². The Morgan fingerprint density at radius 2 is 1.76 bits per heavy atom. The van der Waals surface area contributed by atoms with E-state index in [9.17, 15) is 4.79 Å². The predicted molar refractivity (Wildman–Crippen MR) is 70.1 cm³/mol. The van der Waals surface area contributed by atoms with Crippen LogP contribution in [0.2, 0.25) is 0 Å². The molecule has 1 saturated carbocycles. The Morgan fingerprint density at radius 3 is 2.41 bits per heavy atom. The Labute approximate surface area is 106 Å². The topological polar surface area (TPSA) is 21.5 Å². The Hall–Kier alpha value is -0.370. The normalized spacial score (nSPS) is 38.9. The first-order chi connectivity index (χ1) is 8.15. The SMILES string of the molecule is CC1CCC(C(=O)C[NH+]2CCCC(C)C2)CC1. The van der Waals surface area contributed by atoms with E-state index >= 15 is 0 Å². The number of hydrogen-bond donors (Lipinski definition) is 1. The fraction of sp³-hybridized carbons (Fsp3) is 0.933. The summed E-state index contributed by atoms with van der Waals surface area (Å²) in [5, 5.41) is 0. The molecule has 0 bridgehead atoms. The van der Waals surface area contributed by atoms with Crippen molar-refractivity contribution in [3.8, 4) is 0 Å². The van der Waals surface area contributed by atoms with Crippen LogP contribution in [0.25, 0.3) is 0 Å². The minimum absolute atomic E-state index is 0.399. The van der Waals surface area contributed by atoms with Gasteiger partial charge in [0.15, 0.2) is 5.78 Å². The lowest BCUT2D eigenvalue weighted by Gasteiger charge is -2.30. The van der Waals surface area contributed by atoms with E-state index < -0.39 is 0 Å². The Morgan fingerprint density at radius 1 is 1.06 bits per heavy atom. The number of hydrogen-bond acceptors (Lipinski definition) is 1. The van der Waals surface area contributed by atoms with E-state index in [1.807, 2.05) is 0 Å². The van der Waals surface area contributed by atoms with Crippen molar-refractivity contribution in [1.82, 2.24) is 0 Å². The smallest absolute Gasteiger partial charge is 0.189 e. The van der Waals surface area contributed by atoms with Crippen LogP contribution in [0.4, 0.5) is 0 Å². The minimum atomic E-state index is 0.399. The van der Waals surface area contributed by atoms with E-state index in [-0.39, 0.29) is 0 Å². The summed E-state index contributed by atoms with van der Waals surface area (Å²) in [4.78, 5) is 13.8. The molecule has 0 amide bonds. The molecule has 1 aliphatic heterocycles. The molecule has 17 heavy (non-hydrogen) atoms. The van der Waals surface area contributed by atoms with E-state index in [4.69, 9.17) is 0 Å². The highest BCUT2D eigenvalue weighted by atomic mass is 16.1. The van der Waals surface area contributed by atoms with Gasteiger partial charge in [0.05, 0.1) is 13.1 Å². The van der Waals surface area contributed by atoms with Gasteiger partial charge in [0, 0.05) is 11.8 Å². The highest BCUT2D eigenvalue weighted by molar-refractivity contribution is 5.81. The number of rotatable bonds is 3. The zero-order chi connectivity index (χ0) is 12.3. The maximum atomic E-state index is 12.3. The third-order valence-electron chi connectivity index (χ3n) is 4.76. The zero-order valence-electron chi connectivity index (χ0n) is 11.5. The summed E-state index contributed by atoms with van der Waals surface area (Å²) in [7, 11) is 0. The van der Waals surface area contributed by atoms with Gasteiger partial charge in [0.2, 0.25) is 0 Å². The average Bonchev–Trinajstić information content (AvgIpc) is 2.29. The monoisotopic (exact) mass is 238 g/mol. The molecule has 2 unspecified atom stereocenters. The van der Waals surface area contributed by atoms with Crippen molar-refractivity contribution >= 4 is 5.78 Å². The van der Waals surface area contributed by atoms with Crippen LogP contribution in [0.15, 0.2) is 0 Å². The summed E-state index contributed by atoms with van der Waals surface area (Å²) < 4.78 is 0. The van der Waals surface area contributed by atoms with E-state index in [0.717, 1.165) is 31.2 Å². The van der Waals surface area contributed by atoms with Gasteiger partial charge in [-0.15, -0.1) is 0 Å². The highest BCUT2D eigenvalue weighted by Crippen LogP contribution is 2.28. The first kappa shape index (κ1) is 13.1. The molecule has 2 aliphatic rings. The van der Waals surface area contributed by atoms with E-state index in [1.165, 1.54) is 38.8 Å². The Kier molecular flexibility index (Phi) is 4.61. The van der Waals surface area contributed by atoms with Gasteiger partial charge in [-0.25, -0.2) is 0 Å². The molecule has 1 aliphatic carbocycles. The third kappa shape index (κ3) is 3.80. The Bertz CT molecular complexity index is 256. The molecular formula is C15H28NO+. The van der Waals surface area contributed by atoms with Crippen LogP contribution in [0.1, 0.15) is 52.4 Å². The van der Waals surface area contributed by atoms with Crippen LogP contribution < -0.4 is 4.90 Å². The summed E-state index contributed by atoms with van der Waals surface area (Å²) in [6.45, 7) is 7.89. The van der Waals surface area contributed by atoms with Crippen molar-refractivity contribution in [2.75, 3.05) is 19.6 Å². The quantitative estimate of drug-likeness (QED) is 0.794. The van der Waals surface area contributed by atoms with Crippen molar-refractivity contribution in [2.24, 2.45) is 17.8 Å². The van der Waals surface area contributed by atoms with Gasteiger partial charge in [-0.3, -0.25) is 4.79 Å². The molecule has 0 radical (unpaired) electrons. The second-order valence-electron chi connectivity index (χ2n) is 6.55. The Balaban J connectivity index is 1.76. The van der Waals surface area contributed by atoms with Gasteiger partial charge in [0.25, 0.3) is 0 Å². The molecule has 1 N–H and O–H groups in total. The van der Waals surface area contributed by atoms with E-state index in [2.05, 4.69) is 13.8 Å². The molecule has 0 aromatic heterocycles. The van der Waals surface area contributed by atoms with Crippen LogP contribution in [0.5, 0.6) is 0 Å². The molecule has 1 heterocycles. The molecule has 98 valence electrons. The van der Waals surface area contributed by atoms with Gasteiger partial charge in [-0.1, -0.05) is 26.7 Å². The van der Waals surface area contributed by atoms with Gasteiger partial charge >= 0.3 is 0 Å². The maximum absolute atomic E-state index is 12.3. The molecule has 2 fully saturated rings. The molecule has 2 atom stereocenters. The van der Waals surface area contributed by atoms with Crippen LogP contribution in [0, 0.1) is 17.8 Å². The summed E-state index contributed by atoms with van der Waals surface area (Å²) >= 11 is 0. The number of nitrogens with one attached hydrogen (secondary N) is 1. The fourth-order valence-corrected chi connectivity index (χ4v) is 3.53. The summed E-state index contributed by atoms with van der Waals surface area (Å²) in [6.07, 6.45) is 7.51. The van der Waals surface area contributed by atoms with Crippen LogP contribution >= 0.6 is 0 Å². The summed E-state index contributed by atoms with van der Waals surface area (Å²) in [5.41, 5.74) is 0. The van der Waals surface area contributed by atoms with Crippen molar-refractivity contribution in [2.45, 2.75) is 52.4 Å². The van der Waals surface area contributed by atoms with Crippen molar-refractivity contribution < 1.29 is 9.69 Å². The number of carbonyl (C=O) groups excluding carboxylic acids is 1. The minimum Gasteiger partial charge on any atom is -0.329 e. The number of likely N-dealkylation sites (tertiary alicyclic amines) is 1. The standard InChI is InChI=1S/C15H27NO/c1-12-5-7-14(8-6-12)15(17)11-16-9-3-4-13(2)10-16/h12-14H,3-11H2,1-2H3/p+1. The molecule has 0 spiro atoms. The summed E-state index contributed by atoms with van der Waals surface area (Å²) in [5.74, 6) is 2.62. The number of quaternary nitrogens is 1. The van der Waals surface area contributed by atoms with Gasteiger partial charge in [0.1, 0.15) is 6.54 Å². The zero-order valence-corrected chi connectivity index (χ0v) is 11.5. The maximum Gasteiger partial charge on any atom is 0.189 e. The first-order valence-electron chi connectivity index (χ1n) is 7.51. The van der Waals surface area contributed by atoms with Gasteiger partial charge in [-0.2, -0.15) is 0 Å². The second-order valence-corrected chi connectivity index (χ2v) is 6.55. The number of piperidine rings is 1. The van der Waals surface area contributed by atoms with Crippen LogP contribution in [-0.2, 0) is 4.79 Å².